The fourth-order valence-electron chi connectivity index (χ4n) is 2.21. The zero-order valence-corrected chi connectivity index (χ0v) is 17.8. The first kappa shape index (κ1) is 23.3. The van der Waals surface area contributed by atoms with Crippen molar-refractivity contribution in [2.75, 3.05) is 6.54 Å². The van der Waals surface area contributed by atoms with Crippen LogP contribution in [0.15, 0.2) is 28.7 Å². The second kappa shape index (κ2) is 9.73. The molecule has 0 fully saturated rings. The molecule has 0 aliphatic heterocycles. The summed E-state index contributed by atoms with van der Waals surface area (Å²) in [4.78, 5) is 18.0. The molecule has 0 aliphatic carbocycles. The van der Waals surface area contributed by atoms with Gasteiger partial charge in [0, 0.05) is 22.3 Å². The Morgan fingerprint density at radius 3 is 2.38 bits per heavy atom. The molecule has 8 heteroatoms. The van der Waals surface area contributed by atoms with Crippen molar-refractivity contribution in [3.8, 4) is 0 Å². The summed E-state index contributed by atoms with van der Waals surface area (Å²) in [5.74, 6) is -0.172. The number of nitrogens with zero attached hydrogens (tertiary/aromatic N) is 1. The lowest BCUT2D eigenvalue weighted by atomic mass is 9.92. The quantitative estimate of drug-likeness (QED) is 0.719. The lowest BCUT2D eigenvalue weighted by Crippen LogP contribution is -2.49. The molecule has 1 unspecified atom stereocenters. The molecule has 2 aromatic rings. The van der Waals surface area contributed by atoms with Crippen LogP contribution in [0.3, 0.4) is 0 Å². The van der Waals surface area contributed by atoms with E-state index in [1.54, 1.807) is 18.3 Å². The van der Waals surface area contributed by atoms with Gasteiger partial charge in [0.2, 0.25) is 5.91 Å². The largest absolute Gasteiger partial charge is 0.354 e. The van der Waals surface area contributed by atoms with Crippen molar-refractivity contribution < 1.29 is 4.79 Å². The molecule has 3 N–H and O–H groups in total. The maximum atomic E-state index is 12.4. The van der Waals surface area contributed by atoms with Gasteiger partial charge in [0.15, 0.2) is 0 Å². The summed E-state index contributed by atoms with van der Waals surface area (Å²) in [7, 11) is 0. The first-order valence-electron chi connectivity index (χ1n) is 7.07. The molecule has 0 radical (unpaired) electrons. The summed E-state index contributed by atoms with van der Waals surface area (Å²) in [6.45, 7) is 6.28. The van der Waals surface area contributed by atoms with Crippen LogP contribution in [0.4, 0.5) is 0 Å². The van der Waals surface area contributed by atoms with Gasteiger partial charge in [-0.15, -0.1) is 36.2 Å². The van der Waals surface area contributed by atoms with Gasteiger partial charge in [0.1, 0.15) is 5.54 Å². The Labute approximate surface area is 167 Å². The molecular weight excluding hydrogens is 433 g/mol. The molecular formula is C16H22BrCl2N3OS. The first-order chi connectivity index (χ1) is 10.3. The molecule has 24 heavy (non-hydrogen) atoms. The Morgan fingerprint density at radius 1 is 1.29 bits per heavy atom. The van der Waals surface area contributed by atoms with Crippen LogP contribution in [0, 0.1) is 13.8 Å². The number of benzene rings is 1. The number of carbonyl (C=O) groups is 1. The van der Waals surface area contributed by atoms with Gasteiger partial charge in [-0.3, -0.25) is 4.79 Å². The lowest BCUT2D eigenvalue weighted by Gasteiger charge is -2.24. The van der Waals surface area contributed by atoms with E-state index in [2.05, 4.69) is 26.2 Å². The third kappa shape index (κ3) is 5.70. The Hall–Kier alpha value is -0.660. The lowest BCUT2D eigenvalue weighted by molar-refractivity contribution is -0.126. The highest BCUT2D eigenvalue weighted by molar-refractivity contribution is 9.10. The first-order valence-corrected chi connectivity index (χ1v) is 8.68. The number of hydrogen-bond acceptors (Lipinski definition) is 4. The molecule has 0 saturated heterocycles. The van der Waals surface area contributed by atoms with Gasteiger partial charge in [-0.25, -0.2) is 4.98 Å². The SMILES string of the molecule is Cc1nc(C)c(CCNC(=O)C(C)(N)c2ccc(Br)cc2)s1.Cl.Cl. The van der Waals surface area contributed by atoms with Gasteiger partial charge in [-0.1, -0.05) is 28.1 Å². The zero-order valence-electron chi connectivity index (χ0n) is 13.8. The monoisotopic (exact) mass is 453 g/mol. The second-order valence-corrected chi connectivity index (χ2v) is 7.66. The van der Waals surface area contributed by atoms with E-state index in [1.807, 2.05) is 38.1 Å². The van der Waals surface area contributed by atoms with Gasteiger partial charge >= 0.3 is 0 Å². The fraction of sp³-hybridized carbons (Fsp3) is 0.375. The van der Waals surface area contributed by atoms with Crippen LogP contribution in [-0.4, -0.2) is 17.4 Å². The predicted molar refractivity (Wildman–Crippen MR) is 108 cm³/mol. The van der Waals surface area contributed by atoms with Crippen LogP contribution in [0.1, 0.15) is 28.1 Å². The Bertz CT molecular complexity index is 674. The van der Waals surface area contributed by atoms with Gasteiger partial charge < -0.3 is 11.1 Å². The van der Waals surface area contributed by atoms with Gasteiger partial charge in [-0.05, 0) is 38.5 Å². The number of hydrogen-bond donors (Lipinski definition) is 2. The van der Waals surface area contributed by atoms with Crippen LogP contribution >= 0.6 is 52.1 Å². The molecule has 0 saturated carbocycles. The molecule has 2 rings (SSSR count). The molecule has 0 aliphatic rings. The minimum Gasteiger partial charge on any atom is -0.354 e. The summed E-state index contributed by atoms with van der Waals surface area (Å²) in [6, 6.07) is 7.50. The zero-order chi connectivity index (χ0) is 16.3. The third-order valence-corrected chi connectivity index (χ3v) is 5.21. The molecule has 1 heterocycles. The van der Waals surface area contributed by atoms with Gasteiger partial charge in [0.25, 0.3) is 0 Å². The number of aryl methyl sites for hydroxylation is 2. The average Bonchev–Trinajstić information content (AvgIpc) is 2.77. The Balaban J connectivity index is 0.00000264. The smallest absolute Gasteiger partial charge is 0.244 e. The van der Waals surface area contributed by atoms with E-state index in [-0.39, 0.29) is 30.7 Å². The molecule has 4 nitrogen and oxygen atoms in total. The van der Waals surface area contributed by atoms with Crippen molar-refractivity contribution >= 4 is 58.0 Å². The molecule has 134 valence electrons. The molecule has 1 aromatic carbocycles. The molecule has 1 aromatic heterocycles. The number of nitrogens with two attached hydrogens (primary N) is 1. The maximum Gasteiger partial charge on any atom is 0.244 e. The molecule has 1 amide bonds. The van der Waals surface area contributed by atoms with E-state index < -0.39 is 5.54 Å². The number of rotatable bonds is 5. The highest BCUT2D eigenvalue weighted by Gasteiger charge is 2.30. The van der Waals surface area contributed by atoms with Crippen molar-refractivity contribution in [2.24, 2.45) is 5.73 Å². The summed E-state index contributed by atoms with van der Waals surface area (Å²) in [5, 5.41) is 3.98. The summed E-state index contributed by atoms with van der Waals surface area (Å²) in [6.07, 6.45) is 0.777. The molecule has 1 atom stereocenters. The van der Waals surface area contributed by atoms with E-state index in [0.29, 0.717) is 6.54 Å². The van der Waals surface area contributed by atoms with Crippen molar-refractivity contribution in [1.82, 2.24) is 10.3 Å². The maximum absolute atomic E-state index is 12.4. The number of thiazole rings is 1. The normalized spacial score (nSPS) is 12.5. The van der Waals surface area contributed by atoms with Gasteiger partial charge in [-0.2, -0.15) is 0 Å². The van der Waals surface area contributed by atoms with E-state index in [0.717, 1.165) is 27.2 Å². The number of amides is 1. The van der Waals surface area contributed by atoms with Crippen LogP contribution in [0.25, 0.3) is 0 Å². The van der Waals surface area contributed by atoms with Crippen molar-refractivity contribution in [3.05, 3.63) is 49.9 Å². The molecule has 0 bridgehead atoms. The van der Waals surface area contributed by atoms with E-state index in [1.165, 1.54) is 4.88 Å². The number of halogens is 3. The van der Waals surface area contributed by atoms with Crippen molar-refractivity contribution in [2.45, 2.75) is 32.7 Å². The fourth-order valence-corrected chi connectivity index (χ4v) is 3.41. The number of nitrogens with one attached hydrogen (secondary N) is 1. The highest BCUT2D eigenvalue weighted by Crippen LogP contribution is 2.21. The van der Waals surface area contributed by atoms with Crippen LogP contribution < -0.4 is 11.1 Å². The minimum absolute atomic E-state index is 0. The third-order valence-electron chi connectivity index (χ3n) is 3.55. The minimum atomic E-state index is -1.04. The van der Waals surface area contributed by atoms with Gasteiger partial charge in [0.05, 0.1) is 10.7 Å². The molecule has 0 spiro atoms. The summed E-state index contributed by atoms with van der Waals surface area (Å²) >= 11 is 5.05. The standard InChI is InChI=1S/C16H20BrN3OS.2ClH/c1-10-14(22-11(2)20-10)8-9-19-15(21)16(3,18)12-4-6-13(17)7-5-12;;/h4-7H,8-9,18H2,1-3H3,(H,19,21);2*1H. The second-order valence-electron chi connectivity index (χ2n) is 5.46. The topological polar surface area (TPSA) is 68.0 Å². The summed E-state index contributed by atoms with van der Waals surface area (Å²) < 4.78 is 0.962. The van der Waals surface area contributed by atoms with E-state index >= 15 is 0 Å². The Morgan fingerprint density at radius 2 is 1.88 bits per heavy atom. The predicted octanol–water partition coefficient (Wildman–Crippen LogP) is 3.90. The van der Waals surface area contributed by atoms with Crippen molar-refractivity contribution in [3.63, 3.8) is 0 Å². The van der Waals surface area contributed by atoms with E-state index in [9.17, 15) is 4.79 Å². The van der Waals surface area contributed by atoms with Crippen LogP contribution in [0.2, 0.25) is 0 Å². The average molecular weight is 455 g/mol. The van der Waals surface area contributed by atoms with Crippen LogP contribution in [-0.2, 0) is 16.8 Å². The summed E-state index contributed by atoms with van der Waals surface area (Å²) in [5.41, 5.74) is 7.00. The van der Waals surface area contributed by atoms with Crippen molar-refractivity contribution in [1.29, 1.82) is 0 Å². The highest BCUT2D eigenvalue weighted by atomic mass is 79.9. The van der Waals surface area contributed by atoms with Crippen LogP contribution in [0.5, 0.6) is 0 Å². The number of aromatic nitrogens is 1. The number of carbonyl (C=O) groups excluding carboxylic acids is 1. The van der Waals surface area contributed by atoms with E-state index in [4.69, 9.17) is 5.73 Å². The Kier molecular flexibility index (Phi) is 9.46.